The minimum atomic E-state index is -5.45. The van der Waals surface area contributed by atoms with E-state index in [9.17, 15) is 77.7 Å². The van der Waals surface area contributed by atoms with Crippen molar-refractivity contribution in [3.05, 3.63) is 48.5 Å². The number of hydrogen-bond donors (Lipinski definition) is 7. The van der Waals surface area contributed by atoms with Crippen LogP contribution in [0.3, 0.4) is 0 Å². The van der Waals surface area contributed by atoms with E-state index < -0.39 is 172 Å². The number of benzene rings is 4. The molecule has 7 N–H and O–H groups in total. The van der Waals surface area contributed by atoms with Gasteiger partial charge in [-0.05, 0) is 36.4 Å². The number of azo groups is 2. The first-order valence-electron chi connectivity index (χ1n) is 16.6. The number of ether oxygens (including phenoxy) is 2. The molecule has 0 aliphatic heterocycles. The first kappa shape index (κ1) is 52.5. The van der Waals surface area contributed by atoms with Crippen molar-refractivity contribution in [2.45, 2.75) is 19.6 Å². The van der Waals surface area contributed by atoms with Crippen molar-refractivity contribution in [3.63, 3.8) is 0 Å². The fourth-order valence-corrected chi connectivity index (χ4v) is 10.1. The van der Waals surface area contributed by atoms with Gasteiger partial charge >= 0.3 is 20.8 Å². The van der Waals surface area contributed by atoms with Crippen LogP contribution in [0, 0.1) is 0 Å². The SMILES string of the molecule is COc1cc(/N=N/c2c(S(=O)(=O)O)cc3c(/N=N/c4ccc(S(=O)(=O)CCOS(=O)(=O)O)cc4S(=O)(=O)O)c(NCS(=O)(=O)O)ccc3c2OC)c(O)cc1S(=O)(=O)CCOS(=O)(=O)O. The van der Waals surface area contributed by atoms with Crippen LogP contribution in [-0.4, -0.2) is 132 Å². The Labute approximate surface area is 368 Å². The topological polar surface area (TPSA) is 459 Å². The molecule has 0 spiro atoms. The highest BCUT2D eigenvalue weighted by Gasteiger charge is 2.28. The Kier molecular flexibility index (Phi) is 15.7. The number of hydrogen-bond acceptors (Lipinski definition) is 24. The summed E-state index contributed by atoms with van der Waals surface area (Å²) in [5, 5.41) is 27.4. The number of fused-ring (bicyclic) bond motifs is 1. The van der Waals surface area contributed by atoms with E-state index in [1.54, 1.807) is 0 Å². The molecule has 0 unspecified atom stereocenters. The Morgan fingerprint density at radius 3 is 1.63 bits per heavy atom. The van der Waals surface area contributed by atoms with E-state index in [-0.39, 0.29) is 5.39 Å². The molecule has 0 heterocycles. The zero-order chi connectivity index (χ0) is 49.1. The fourth-order valence-electron chi connectivity index (χ4n) is 5.24. The number of anilines is 1. The summed E-state index contributed by atoms with van der Waals surface area (Å²) in [5.41, 5.74) is -3.31. The zero-order valence-electron chi connectivity index (χ0n) is 32.3. The van der Waals surface area contributed by atoms with Crippen LogP contribution in [0.1, 0.15) is 0 Å². The average Bonchev–Trinajstić information content (AvgIpc) is 3.15. The molecule has 0 saturated heterocycles. The molecule has 0 amide bonds. The van der Waals surface area contributed by atoms with Gasteiger partial charge in [-0.3, -0.25) is 22.8 Å². The third-order valence-corrected chi connectivity index (χ3v) is 14.5. The molecule has 65 heavy (non-hydrogen) atoms. The average molecular weight is 1060 g/mol. The van der Waals surface area contributed by atoms with Gasteiger partial charge in [-0.1, -0.05) is 0 Å². The summed E-state index contributed by atoms with van der Waals surface area (Å²) in [7, 11) is -33.0. The number of aromatic hydroxyl groups is 1. The molecular weight excluding hydrogens is 1030 g/mol. The van der Waals surface area contributed by atoms with E-state index >= 15 is 0 Å². The van der Waals surface area contributed by atoms with Crippen LogP contribution in [0.25, 0.3) is 10.8 Å². The Balaban J connectivity index is 1.95. The van der Waals surface area contributed by atoms with Crippen molar-refractivity contribution in [3.8, 4) is 17.2 Å². The lowest BCUT2D eigenvalue weighted by molar-refractivity contribution is 0.282. The van der Waals surface area contributed by atoms with Gasteiger partial charge < -0.3 is 19.9 Å². The normalized spacial score (nSPS) is 13.5. The molecule has 4 aromatic carbocycles. The van der Waals surface area contributed by atoms with Crippen LogP contribution in [-0.2, 0) is 79.2 Å². The predicted octanol–water partition coefficient (Wildman–Crippen LogP) is 2.33. The van der Waals surface area contributed by atoms with Gasteiger partial charge in [0.1, 0.15) is 54.8 Å². The molecule has 0 aromatic heterocycles. The predicted molar refractivity (Wildman–Crippen MR) is 219 cm³/mol. The van der Waals surface area contributed by atoms with Crippen LogP contribution < -0.4 is 14.8 Å². The molecule has 0 atom stereocenters. The van der Waals surface area contributed by atoms with Crippen molar-refractivity contribution in [2.24, 2.45) is 20.5 Å². The molecule has 0 fully saturated rings. The molecule has 358 valence electrons. The summed E-state index contributed by atoms with van der Waals surface area (Å²) in [4.78, 5) is -3.97. The van der Waals surface area contributed by atoms with Gasteiger partial charge in [0.2, 0.25) is 0 Å². The third-order valence-electron chi connectivity index (χ3n) is 7.96. The number of rotatable bonds is 21. The van der Waals surface area contributed by atoms with Crippen molar-refractivity contribution in [2.75, 3.05) is 50.1 Å². The van der Waals surface area contributed by atoms with Crippen molar-refractivity contribution in [1.29, 1.82) is 0 Å². The van der Waals surface area contributed by atoms with E-state index in [2.05, 4.69) is 34.1 Å². The van der Waals surface area contributed by atoms with Gasteiger partial charge in [0.25, 0.3) is 30.4 Å². The zero-order valence-corrected chi connectivity index (χ0v) is 38.0. The summed E-state index contributed by atoms with van der Waals surface area (Å²) in [6.45, 7) is -2.18. The van der Waals surface area contributed by atoms with Crippen molar-refractivity contribution < 1.29 is 105 Å². The Morgan fingerprint density at radius 1 is 0.554 bits per heavy atom. The highest BCUT2D eigenvalue weighted by Crippen LogP contribution is 2.48. The first-order valence-corrected chi connectivity index (χ1v) is 27.1. The summed E-state index contributed by atoms with van der Waals surface area (Å²) in [5.74, 6) is -5.48. The number of nitrogens with zero attached hydrogens (tertiary/aromatic N) is 4. The lowest BCUT2D eigenvalue weighted by Gasteiger charge is -2.16. The van der Waals surface area contributed by atoms with Crippen molar-refractivity contribution >= 4 is 110 Å². The molecule has 0 radical (unpaired) electrons. The summed E-state index contributed by atoms with van der Waals surface area (Å²) in [6.07, 6.45) is 0. The van der Waals surface area contributed by atoms with Crippen LogP contribution in [0.15, 0.2) is 88.6 Å². The van der Waals surface area contributed by atoms with Crippen LogP contribution in [0.2, 0.25) is 0 Å². The Morgan fingerprint density at radius 2 is 1.11 bits per heavy atom. The van der Waals surface area contributed by atoms with Gasteiger partial charge in [0.05, 0.1) is 49.5 Å². The smallest absolute Gasteiger partial charge is 0.397 e. The minimum Gasteiger partial charge on any atom is -0.506 e. The van der Waals surface area contributed by atoms with E-state index in [4.69, 9.17) is 18.6 Å². The van der Waals surface area contributed by atoms with E-state index in [0.717, 1.165) is 38.5 Å². The maximum Gasteiger partial charge on any atom is 0.397 e. The number of methoxy groups -OCH3 is 2. The number of nitrogens with one attached hydrogen (secondary N) is 1. The summed E-state index contributed by atoms with van der Waals surface area (Å²) in [6, 6.07) is 6.00. The summed E-state index contributed by atoms with van der Waals surface area (Å²) >= 11 is 0. The molecule has 29 nitrogen and oxygen atoms in total. The van der Waals surface area contributed by atoms with Gasteiger partial charge in [-0.25, -0.2) is 25.2 Å². The Hall–Kier alpha value is -5.09. The van der Waals surface area contributed by atoms with E-state index in [1.165, 1.54) is 0 Å². The van der Waals surface area contributed by atoms with Crippen molar-refractivity contribution in [1.82, 2.24) is 0 Å². The monoisotopic (exact) mass is 1060 g/mol. The molecule has 0 saturated carbocycles. The highest BCUT2D eigenvalue weighted by atomic mass is 32.3. The largest absolute Gasteiger partial charge is 0.506 e. The number of phenols is 1. The lowest BCUT2D eigenvalue weighted by Crippen LogP contribution is -2.16. The summed E-state index contributed by atoms with van der Waals surface area (Å²) < 4.78 is 234. The maximum absolute atomic E-state index is 12.9. The second-order valence-corrected chi connectivity index (χ2v) is 22.9. The second kappa shape index (κ2) is 19.4. The Bertz CT molecular complexity index is 3420. The molecule has 0 aliphatic carbocycles. The molecule has 36 heteroatoms. The number of sulfone groups is 2. The molecule has 4 aromatic rings. The quantitative estimate of drug-likeness (QED) is 0.0465. The van der Waals surface area contributed by atoms with E-state index in [1.807, 2.05) is 0 Å². The van der Waals surface area contributed by atoms with Gasteiger partial charge in [-0.15, -0.1) is 20.5 Å². The lowest BCUT2D eigenvalue weighted by atomic mass is 10.0. The maximum atomic E-state index is 12.9. The van der Waals surface area contributed by atoms with Crippen LogP contribution >= 0.6 is 0 Å². The number of phenolic OH excluding ortho intramolecular Hbond substituents is 1. The van der Waals surface area contributed by atoms with Gasteiger partial charge in [0, 0.05) is 22.9 Å². The highest BCUT2D eigenvalue weighted by molar-refractivity contribution is 7.92. The van der Waals surface area contributed by atoms with Gasteiger partial charge in [0.15, 0.2) is 25.4 Å². The molecule has 0 bridgehead atoms. The van der Waals surface area contributed by atoms with Crippen LogP contribution in [0.5, 0.6) is 17.2 Å². The minimum absolute atomic E-state index is 0.223. The third kappa shape index (κ3) is 14.0. The fraction of sp³-hybridized carbons (Fsp3) is 0.241. The van der Waals surface area contributed by atoms with E-state index in [0.29, 0.717) is 24.3 Å². The second-order valence-electron chi connectivity index (χ2n) is 12.3. The van der Waals surface area contributed by atoms with Gasteiger partial charge in [-0.2, -0.15) is 42.1 Å². The van der Waals surface area contributed by atoms with Crippen LogP contribution in [0.4, 0.5) is 28.4 Å². The first-order chi connectivity index (χ1) is 29.7. The molecule has 4 rings (SSSR count). The molecule has 0 aliphatic rings. The molecular formula is C29H31N5O24S7. The standard InChI is InChI=1S/C29H31N5O24S7/c1-55-23-13-21(22(35)14-25(23)60(38,39)10-8-58-65(52,53)54)32-34-28-26(63(46,47)48)12-18-17(29(28)56-2)4-6-20(30-15-61(40,41)42)27(18)33-31-19-5-3-16(11-24(19)62(43,44)45)59(36,37)9-7-57-64(49,50)51/h3-6,11-14,30,35H,7-10,15H2,1-2H3,(H,40,41,42)(H,43,44,45)(H,46,47,48)(H,49,50,51)(H,52,53,54)/b33-31+,34-32+.